The number of aryl methyl sites for hydroxylation is 2. The Hall–Kier alpha value is -2.47. The molecule has 26 heavy (non-hydrogen) atoms. The molecule has 5 nitrogen and oxygen atoms in total. The third-order valence-corrected chi connectivity index (χ3v) is 5.41. The number of nitrogens with one attached hydrogen (secondary N) is 1. The van der Waals surface area contributed by atoms with E-state index < -0.39 is 0 Å². The summed E-state index contributed by atoms with van der Waals surface area (Å²) in [6.07, 6.45) is 2.11. The van der Waals surface area contributed by atoms with Gasteiger partial charge in [-0.2, -0.15) is 0 Å². The van der Waals surface area contributed by atoms with Gasteiger partial charge in [-0.15, -0.1) is 11.8 Å². The largest absolute Gasteiger partial charge is 0.369 e. The van der Waals surface area contributed by atoms with Gasteiger partial charge in [0, 0.05) is 17.1 Å². The van der Waals surface area contributed by atoms with Crippen LogP contribution in [0.2, 0.25) is 0 Å². The van der Waals surface area contributed by atoms with E-state index in [0.29, 0.717) is 12.2 Å². The predicted octanol–water partition coefficient (Wildman–Crippen LogP) is 2.96. The number of hydrogen-bond donors (Lipinski definition) is 2. The van der Waals surface area contributed by atoms with Gasteiger partial charge in [-0.1, -0.05) is 29.8 Å². The van der Waals surface area contributed by atoms with Crippen molar-refractivity contribution in [1.82, 2.24) is 0 Å². The number of benzene rings is 2. The molecule has 3 N–H and O–H groups in total. The number of para-hydroxylation sites is 1. The van der Waals surface area contributed by atoms with E-state index in [-0.39, 0.29) is 17.6 Å². The number of hydrogen-bond acceptors (Lipinski definition) is 4. The van der Waals surface area contributed by atoms with Crippen LogP contribution < -0.4 is 16.0 Å². The van der Waals surface area contributed by atoms with Crippen LogP contribution in [0.5, 0.6) is 0 Å². The van der Waals surface area contributed by atoms with Crippen LogP contribution in [0, 0.1) is 6.92 Å². The van der Waals surface area contributed by atoms with Gasteiger partial charge in [0.15, 0.2) is 0 Å². The van der Waals surface area contributed by atoms with Crippen LogP contribution in [0.3, 0.4) is 0 Å². The number of carbonyl (C=O) groups excluding carboxylic acids is 2. The van der Waals surface area contributed by atoms with Crippen molar-refractivity contribution >= 4 is 35.0 Å². The highest BCUT2D eigenvalue weighted by atomic mass is 32.2. The number of anilines is 2. The molecule has 1 heterocycles. The number of carbonyl (C=O) groups is 2. The van der Waals surface area contributed by atoms with Crippen molar-refractivity contribution in [3.05, 3.63) is 53.6 Å². The summed E-state index contributed by atoms with van der Waals surface area (Å²) in [5.74, 6) is -0.256. The number of thioether (sulfide) groups is 1. The van der Waals surface area contributed by atoms with E-state index >= 15 is 0 Å². The molecule has 2 aromatic rings. The number of amides is 2. The molecule has 0 saturated heterocycles. The lowest BCUT2D eigenvalue weighted by atomic mass is 9.99. The first kappa shape index (κ1) is 18.3. The van der Waals surface area contributed by atoms with Gasteiger partial charge in [0.1, 0.15) is 0 Å². The average molecular weight is 369 g/mol. The molecule has 0 bridgehead atoms. The summed E-state index contributed by atoms with van der Waals surface area (Å²) in [5, 5.41) is 2.97. The van der Waals surface area contributed by atoms with E-state index in [4.69, 9.17) is 5.73 Å². The molecule has 0 fully saturated rings. The van der Waals surface area contributed by atoms with Crippen LogP contribution in [-0.2, 0) is 16.0 Å². The molecule has 0 spiro atoms. The van der Waals surface area contributed by atoms with Crippen LogP contribution in [0.15, 0.2) is 47.4 Å². The molecule has 0 aromatic heterocycles. The fourth-order valence-corrected chi connectivity index (χ4v) is 3.92. The van der Waals surface area contributed by atoms with Crippen LogP contribution >= 0.6 is 11.8 Å². The van der Waals surface area contributed by atoms with Crippen molar-refractivity contribution in [3.8, 4) is 0 Å². The maximum absolute atomic E-state index is 12.6. The van der Waals surface area contributed by atoms with Gasteiger partial charge >= 0.3 is 0 Å². The monoisotopic (exact) mass is 369 g/mol. The van der Waals surface area contributed by atoms with E-state index in [1.54, 1.807) is 0 Å². The molecule has 1 aliphatic rings. The molecule has 0 radical (unpaired) electrons. The summed E-state index contributed by atoms with van der Waals surface area (Å²) in [7, 11) is 0. The Kier molecular flexibility index (Phi) is 5.83. The molecule has 0 aliphatic carbocycles. The van der Waals surface area contributed by atoms with Crippen molar-refractivity contribution in [3.63, 3.8) is 0 Å². The van der Waals surface area contributed by atoms with Crippen LogP contribution in [0.1, 0.15) is 17.5 Å². The Balaban J connectivity index is 1.68. The second kappa shape index (κ2) is 8.27. The van der Waals surface area contributed by atoms with Crippen molar-refractivity contribution in [1.29, 1.82) is 0 Å². The SMILES string of the molecule is Cc1ccc2c(c1)CCCN2CC(=O)Nc1ccccc1SCC(N)=O. The van der Waals surface area contributed by atoms with Crippen LogP contribution in [0.4, 0.5) is 11.4 Å². The Morgan fingerprint density at radius 1 is 1.23 bits per heavy atom. The number of fused-ring (bicyclic) bond motifs is 1. The molecule has 3 rings (SSSR count). The molecule has 136 valence electrons. The van der Waals surface area contributed by atoms with Crippen LogP contribution in [-0.4, -0.2) is 30.7 Å². The van der Waals surface area contributed by atoms with Gasteiger partial charge in [-0.05, 0) is 43.5 Å². The first-order chi connectivity index (χ1) is 12.5. The van der Waals surface area contributed by atoms with Gasteiger partial charge in [0.2, 0.25) is 11.8 Å². The number of nitrogens with two attached hydrogens (primary N) is 1. The molecular formula is C20H23N3O2S. The van der Waals surface area contributed by atoms with Crippen molar-refractivity contribution in [2.45, 2.75) is 24.7 Å². The Bertz CT molecular complexity index is 822. The summed E-state index contributed by atoms with van der Waals surface area (Å²) < 4.78 is 0. The number of primary amides is 1. The molecule has 2 amide bonds. The Labute approximate surface area is 157 Å². The third-order valence-electron chi connectivity index (χ3n) is 4.32. The third kappa shape index (κ3) is 4.58. The summed E-state index contributed by atoms with van der Waals surface area (Å²) in [6.45, 7) is 3.28. The van der Waals surface area contributed by atoms with E-state index in [9.17, 15) is 9.59 Å². The summed E-state index contributed by atoms with van der Waals surface area (Å²) in [5.41, 5.74) is 9.63. The second-order valence-corrected chi connectivity index (χ2v) is 7.47. The summed E-state index contributed by atoms with van der Waals surface area (Å²) in [4.78, 5) is 26.6. The maximum atomic E-state index is 12.6. The Morgan fingerprint density at radius 2 is 2.04 bits per heavy atom. The van der Waals surface area contributed by atoms with E-state index in [2.05, 4.69) is 35.3 Å². The molecule has 0 atom stereocenters. The quantitative estimate of drug-likeness (QED) is 0.768. The lowest BCUT2D eigenvalue weighted by Gasteiger charge is -2.31. The minimum atomic E-state index is -0.378. The standard InChI is InChI=1S/C20H23N3O2S/c1-14-8-9-17-15(11-14)5-4-10-23(17)12-20(25)22-16-6-2-3-7-18(16)26-13-19(21)24/h2-3,6-9,11H,4-5,10,12-13H2,1H3,(H2,21,24)(H,22,25). The van der Waals surface area contributed by atoms with E-state index in [0.717, 1.165) is 30.0 Å². The van der Waals surface area contributed by atoms with Gasteiger partial charge in [-0.25, -0.2) is 0 Å². The highest BCUT2D eigenvalue weighted by Gasteiger charge is 2.19. The average Bonchev–Trinajstić information content (AvgIpc) is 2.60. The first-order valence-corrected chi connectivity index (χ1v) is 9.66. The lowest BCUT2D eigenvalue weighted by molar-refractivity contribution is -0.116. The van der Waals surface area contributed by atoms with Gasteiger partial charge in [0.25, 0.3) is 0 Å². The van der Waals surface area contributed by atoms with Crippen molar-refractivity contribution < 1.29 is 9.59 Å². The lowest BCUT2D eigenvalue weighted by Crippen LogP contribution is -2.36. The maximum Gasteiger partial charge on any atom is 0.243 e. The van der Waals surface area contributed by atoms with Gasteiger partial charge in [-0.3, -0.25) is 9.59 Å². The van der Waals surface area contributed by atoms with E-state index in [1.165, 1.54) is 22.9 Å². The smallest absolute Gasteiger partial charge is 0.243 e. The molecule has 2 aromatic carbocycles. The zero-order chi connectivity index (χ0) is 18.5. The highest BCUT2D eigenvalue weighted by molar-refractivity contribution is 8.00. The minimum absolute atomic E-state index is 0.0643. The summed E-state index contributed by atoms with van der Waals surface area (Å²) >= 11 is 1.33. The first-order valence-electron chi connectivity index (χ1n) is 8.67. The molecule has 0 unspecified atom stereocenters. The molecule has 6 heteroatoms. The Morgan fingerprint density at radius 3 is 2.85 bits per heavy atom. The normalized spacial score (nSPS) is 13.2. The van der Waals surface area contributed by atoms with E-state index in [1.807, 2.05) is 24.3 Å². The minimum Gasteiger partial charge on any atom is -0.369 e. The van der Waals surface area contributed by atoms with Gasteiger partial charge < -0.3 is 16.0 Å². The van der Waals surface area contributed by atoms with Crippen LogP contribution in [0.25, 0.3) is 0 Å². The fraction of sp³-hybridized carbons (Fsp3) is 0.300. The fourth-order valence-electron chi connectivity index (χ4n) is 3.18. The highest BCUT2D eigenvalue weighted by Crippen LogP contribution is 2.29. The van der Waals surface area contributed by atoms with Crippen molar-refractivity contribution in [2.24, 2.45) is 5.73 Å². The van der Waals surface area contributed by atoms with Crippen molar-refractivity contribution in [2.75, 3.05) is 29.1 Å². The molecule has 1 aliphatic heterocycles. The molecular weight excluding hydrogens is 346 g/mol. The zero-order valence-electron chi connectivity index (χ0n) is 14.8. The topological polar surface area (TPSA) is 75.4 Å². The van der Waals surface area contributed by atoms with Gasteiger partial charge in [0.05, 0.1) is 18.0 Å². The summed E-state index contributed by atoms with van der Waals surface area (Å²) in [6, 6.07) is 13.9. The molecule has 0 saturated carbocycles. The predicted molar refractivity (Wildman–Crippen MR) is 107 cm³/mol. The number of nitrogens with zero attached hydrogens (tertiary/aromatic N) is 1. The zero-order valence-corrected chi connectivity index (χ0v) is 15.6. The second-order valence-electron chi connectivity index (χ2n) is 6.46. The number of rotatable bonds is 6.